The van der Waals surface area contributed by atoms with Crippen molar-refractivity contribution in [2.75, 3.05) is 6.54 Å². The number of carboxylic acids is 1. The maximum absolute atomic E-state index is 13.7. The third-order valence-electron chi connectivity index (χ3n) is 6.59. The second-order valence-electron chi connectivity index (χ2n) is 8.11. The van der Waals surface area contributed by atoms with Crippen molar-refractivity contribution in [2.24, 2.45) is 11.8 Å². The normalized spacial score (nSPS) is 25.8. The molecule has 1 N–H and O–H groups in total. The Labute approximate surface area is 162 Å². The molecule has 1 saturated heterocycles. The second kappa shape index (κ2) is 6.43. The molecule has 0 radical (unpaired) electrons. The summed E-state index contributed by atoms with van der Waals surface area (Å²) in [7, 11) is 0. The molecule has 1 aliphatic heterocycles. The van der Waals surface area contributed by atoms with Crippen LogP contribution in [0.3, 0.4) is 0 Å². The fourth-order valence-electron chi connectivity index (χ4n) is 5.40. The molecule has 1 amide bonds. The van der Waals surface area contributed by atoms with E-state index in [4.69, 9.17) is 0 Å². The summed E-state index contributed by atoms with van der Waals surface area (Å²) in [4.78, 5) is 26.8. The van der Waals surface area contributed by atoms with Crippen molar-refractivity contribution in [3.8, 4) is 5.69 Å². The molecule has 146 valence electrons. The molecule has 2 heterocycles. The van der Waals surface area contributed by atoms with Crippen LogP contribution < -0.4 is 0 Å². The van der Waals surface area contributed by atoms with Gasteiger partial charge in [-0.15, -0.1) is 0 Å². The number of rotatable bonds is 3. The van der Waals surface area contributed by atoms with Crippen LogP contribution in [0.1, 0.15) is 47.4 Å². The van der Waals surface area contributed by atoms with Crippen LogP contribution >= 0.6 is 0 Å². The highest BCUT2D eigenvalue weighted by atomic mass is 19.1. The third-order valence-corrected chi connectivity index (χ3v) is 6.59. The number of likely N-dealkylation sites (tertiary alicyclic amines) is 1. The first-order chi connectivity index (χ1) is 13.5. The molecule has 1 aromatic carbocycles. The number of nitrogens with zero attached hydrogens (tertiary/aromatic N) is 3. The van der Waals surface area contributed by atoms with E-state index in [0.29, 0.717) is 17.9 Å². The fraction of sp³-hybridized carbons (Fsp3) is 0.476. The number of carboxylic acid groups (broad SMARTS) is 1. The zero-order chi connectivity index (χ0) is 19.4. The topological polar surface area (TPSA) is 75.4 Å². The first-order valence-electron chi connectivity index (χ1n) is 9.95. The van der Waals surface area contributed by atoms with Gasteiger partial charge in [0.15, 0.2) is 5.69 Å². The molecule has 6 nitrogen and oxygen atoms in total. The van der Waals surface area contributed by atoms with Gasteiger partial charge in [-0.2, -0.15) is 5.10 Å². The summed E-state index contributed by atoms with van der Waals surface area (Å²) in [5.74, 6) is -1.27. The van der Waals surface area contributed by atoms with E-state index in [9.17, 15) is 19.1 Å². The van der Waals surface area contributed by atoms with Gasteiger partial charge in [-0.05, 0) is 62.1 Å². The molecule has 2 fully saturated rings. The molecular weight excluding hydrogens is 361 g/mol. The zero-order valence-electron chi connectivity index (χ0n) is 15.5. The van der Waals surface area contributed by atoms with Crippen LogP contribution in [-0.2, 0) is 17.6 Å². The van der Waals surface area contributed by atoms with Crippen molar-refractivity contribution < 1.29 is 19.1 Å². The molecule has 28 heavy (non-hydrogen) atoms. The zero-order valence-corrected chi connectivity index (χ0v) is 15.5. The van der Waals surface area contributed by atoms with Gasteiger partial charge < -0.3 is 10.0 Å². The number of amides is 1. The largest absolute Gasteiger partial charge is 0.480 e. The first kappa shape index (κ1) is 17.4. The number of carbonyl (C=O) groups excluding carboxylic acids is 1. The lowest BCUT2D eigenvalue weighted by atomic mass is 9.94. The van der Waals surface area contributed by atoms with Gasteiger partial charge in [0.1, 0.15) is 11.9 Å². The van der Waals surface area contributed by atoms with Crippen molar-refractivity contribution >= 4 is 11.9 Å². The van der Waals surface area contributed by atoms with Gasteiger partial charge in [0.25, 0.3) is 5.91 Å². The Kier molecular flexibility index (Phi) is 4.00. The van der Waals surface area contributed by atoms with E-state index in [2.05, 4.69) is 5.10 Å². The number of hydrogen-bond acceptors (Lipinski definition) is 3. The minimum absolute atomic E-state index is 0.0415. The van der Waals surface area contributed by atoms with Gasteiger partial charge in [-0.25, -0.2) is 13.9 Å². The molecule has 0 bridgehead atoms. The maximum atomic E-state index is 13.7. The van der Waals surface area contributed by atoms with Gasteiger partial charge in [0.05, 0.1) is 5.69 Å². The smallest absolute Gasteiger partial charge is 0.326 e. The van der Waals surface area contributed by atoms with Crippen molar-refractivity contribution in [2.45, 2.75) is 44.6 Å². The van der Waals surface area contributed by atoms with E-state index in [-0.39, 0.29) is 23.6 Å². The van der Waals surface area contributed by atoms with Crippen molar-refractivity contribution in [1.29, 1.82) is 0 Å². The Morgan fingerprint density at radius 3 is 2.82 bits per heavy atom. The quantitative estimate of drug-likeness (QED) is 0.884. The van der Waals surface area contributed by atoms with E-state index in [1.165, 1.54) is 17.0 Å². The van der Waals surface area contributed by atoms with E-state index in [1.54, 1.807) is 16.8 Å². The number of benzene rings is 1. The monoisotopic (exact) mass is 383 g/mol. The van der Waals surface area contributed by atoms with E-state index in [0.717, 1.165) is 49.8 Å². The summed E-state index contributed by atoms with van der Waals surface area (Å²) in [5.41, 5.74) is 2.74. The Hall–Kier alpha value is -2.70. The highest BCUT2D eigenvalue weighted by Crippen LogP contribution is 2.43. The highest BCUT2D eigenvalue weighted by Gasteiger charge is 2.50. The lowest BCUT2D eigenvalue weighted by molar-refractivity contribution is -0.142. The van der Waals surface area contributed by atoms with Gasteiger partial charge in [0, 0.05) is 17.8 Å². The molecule has 5 rings (SSSR count). The molecule has 7 heteroatoms. The van der Waals surface area contributed by atoms with Crippen molar-refractivity contribution in [1.82, 2.24) is 14.7 Å². The number of hydrogen-bond donors (Lipinski definition) is 1. The van der Waals surface area contributed by atoms with Crippen LogP contribution in [0.25, 0.3) is 5.69 Å². The molecule has 2 aliphatic carbocycles. The number of aromatic nitrogens is 2. The van der Waals surface area contributed by atoms with Crippen molar-refractivity contribution in [3.63, 3.8) is 0 Å². The van der Waals surface area contributed by atoms with Crippen LogP contribution in [0, 0.1) is 17.7 Å². The molecular formula is C21H22FN3O3. The summed E-state index contributed by atoms with van der Waals surface area (Å²) in [6.07, 6.45) is 5.31. The van der Waals surface area contributed by atoms with Crippen LogP contribution in [0.4, 0.5) is 4.39 Å². The molecule has 2 aromatic rings. The Morgan fingerprint density at radius 1 is 1.18 bits per heavy atom. The predicted molar refractivity (Wildman–Crippen MR) is 98.8 cm³/mol. The Morgan fingerprint density at radius 2 is 2.04 bits per heavy atom. The third kappa shape index (κ3) is 2.56. The van der Waals surface area contributed by atoms with Gasteiger partial charge in [-0.3, -0.25) is 4.79 Å². The molecule has 0 spiro atoms. The van der Waals surface area contributed by atoms with Gasteiger partial charge in [0.2, 0.25) is 0 Å². The average molecular weight is 383 g/mol. The van der Waals surface area contributed by atoms with Crippen LogP contribution in [0.15, 0.2) is 24.3 Å². The number of carbonyl (C=O) groups is 2. The van der Waals surface area contributed by atoms with Gasteiger partial charge >= 0.3 is 5.97 Å². The molecule has 1 saturated carbocycles. The molecule has 3 atom stereocenters. The van der Waals surface area contributed by atoms with Crippen LogP contribution in [-0.4, -0.2) is 44.3 Å². The minimum Gasteiger partial charge on any atom is -0.480 e. The Bertz CT molecular complexity index is 970. The minimum atomic E-state index is -0.927. The van der Waals surface area contributed by atoms with Crippen LogP contribution in [0.2, 0.25) is 0 Å². The summed E-state index contributed by atoms with van der Waals surface area (Å²) in [5, 5.41) is 14.3. The summed E-state index contributed by atoms with van der Waals surface area (Å²) in [6, 6.07) is 5.40. The van der Waals surface area contributed by atoms with Crippen molar-refractivity contribution in [3.05, 3.63) is 47.0 Å². The first-order valence-corrected chi connectivity index (χ1v) is 9.95. The molecule has 1 aromatic heterocycles. The fourth-order valence-corrected chi connectivity index (χ4v) is 5.40. The standard InChI is InChI=1S/C21H22FN3O3/c22-13-5-2-6-14(10-13)25-17-9-3-8-16(17)18(23-25)20(26)24-11-12-4-1-7-15(12)19(24)21(27)28/h2,5-6,10,12,15,19H,1,3-4,7-9,11H2,(H,27,28). The Balaban J connectivity index is 1.54. The summed E-state index contributed by atoms with van der Waals surface area (Å²) < 4.78 is 15.4. The van der Waals surface area contributed by atoms with Gasteiger partial charge in [-0.1, -0.05) is 12.5 Å². The lowest BCUT2D eigenvalue weighted by Crippen LogP contribution is -2.43. The SMILES string of the molecule is O=C(O)C1C2CCCC2CN1C(=O)c1nn(-c2cccc(F)c2)c2c1CCC2. The molecule has 3 unspecified atom stereocenters. The molecule has 3 aliphatic rings. The summed E-state index contributed by atoms with van der Waals surface area (Å²) >= 11 is 0. The second-order valence-corrected chi connectivity index (χ2v) is 8.11. The number of aliphatic carboxylic acids is 1. The van der Waals surface area contributed by atoms with E-state index < -0.39 is 12.0 Å². The summed E-state index contributed by atoms with van der Waals surface area (Å²) in [6.45, 7) is 0.488. The number of halogens is 1. The van der Waals surface area contributed by atoms with Crippen LogP contribution in [0.5, 0.6) is 0 Å². The maximum Gasteiger partial charge on any atom is 0.326 e. The number of fused-ring (bicyclic) bond motifs is 2. The average Bonchev–Trinajstić information content (AvgIpc) is 3.40. The van der Waals surface area contributed by atoms with E-state index in [1.807, 2.05) is 0 Å². The van der Waals surface area contributed by atoms with E-state index >= 15 is 0 Å². The predicted octanol–water partition coefficient (Wildman–Crippen LogP) is 2.83. The highest BCUT2D eigenvalue weighted by molar-refractivity contribution is 5.97. The lowest BCUT2D eigenvalue weighted by Gasteiger charge is -2.24.